The Morgan fingerprint density at radius 2 is 2.14 bits per heavy atom. The maximum absolute atomic E-state index is 11.3. The van der Waals surface area contributed by atoms with E-state index in [1.54, 1.807) is 0 Å². The van der Waals surface area contributed by atoms with Crippen molar-refractivity contribution < 1.29 is 22.1 Å². The first-order valence-corrected chi connectivity index (χ1v) is 5.58. The van der Waals surface area contributed by atoms with Crippen molar-refractivity contribution in [3.8, 4) is 0 Å². The summed E-state index contributed by atoms with van der Waals surface area (Å²) in [7, 11) is -3.73. The lowest BCUT2D eigenvalue weighted by Gasteiger charge is -2.02. The van der Waals surface area contributed by atoms with E-state index in [0.29, 0.717) is 0 Å². The molecule has 1 unspecified atom stereocenters. The van der Waals surface area contributed by atoms with Crippen molar-refractivity contribution in [2.24, 2.45) is 5.73 Å². The van der Waals surface area contributed by atoms with Gasteiger partial charge in [0.05, 0.1) is 5.75 Å². The molecule has 1 atom stereocenters. The van der Waals surface area contributed by atoms with Crippen LogP contribution in [0.25, 0.3) is 0 Å². The predicted octanol–water partition coefficient (Wildman–Crippen LogP) is -0.532. The summed E-state index contributed by atoms with van der Waals surface area (Å²) >= 11 is 0. The lowest BCUT2D eigenvalue weighted by atomic mass is 10.2. The fourth-order valence-corrected chi connectivity index (χ4v) is 1.41. The first-order chi connectivity index (χ1) is 6.37. The molecule has 0 saturated carbocycles. The Hall–Kier alpha value is -1.24. The van der Waals surface area contributed by atoms with Gasteiger partial charge in [-0.2, -0.15) is 8.42 Å². The Morgan fingerprint density at radius 1 is 1.57 bits per heavy atom. The van der Waals surface area contributed by atoms with E-state index >= 15 is 0 Å². The molecule has 1 rings (SSSR count). The van der Waals surface area contributed by atoms with E-state index in [9.17, 15) is 13.2 Å². The Kier molecular flexibility index (Phi) is 2.70. The Morgan fingerprint density at radius 3 is 2.50 bits per heavy atom. The third kappa shape index (κ3) is 1.98. The molecule has 0 spiro atoms. The molecule has 0 saturated heterocycles. The molecule has 0 amide bonds. The summed E-state index contributed by atoms with van der Waals surface area (Å²) in [6.45, 7) is 2.86. The monoisotopic (exact) mass is 221 g/mol. The van der Waals surface area contributed by atoms with Crippen molar-refractivity contribution in [2.45, 2.75) is 20.0 Å². The first-order valence-electron chi connectivity index (χ1n) is 4.00. The van der Waals surface area contributed by atoms with Gasteiger partial charge in [0.2, 0.25) is 17.4 Å². The number of nitrogens with two attached hydrogens (primary N) is 1. The van der Waals surface area contributed by atoms with Crippen molar-refractivity contribution in [3.63, 3.8) is 0 Å². The van der Waals surface area contributed by atoms with E-state index in [1.165, 1.54) is 13.8 Å². The number of carbonyl (C=O) groups excluding carboxylic acids is 1. The summed E-state index contributed by atoms with van der Waals surface area (Å²) in [5.74, 6) is -1.48. The second-order valence-corrected chi connectivity index (χ2v) is 4.61. The standard InChI is InChI=1S/C7H11NO5S/c1-3-14(10,11)13-6-5(9)4(2)12-7(6)8/h4H,3,8H2,1-2H3. The molecule has 0 aromatic heterocycles. The second kappa shape index (κ2) is 3.49. The molecular weight excluding hydrogens is 210 g/mol. The molecule has 0 aliphatic carbocycles. The number of ketones is 1. The van der Waals surface area contributed by atoms with E-state index in [-0.39, 0.29) is 11.6 Å². The minimum atomic E-state index is -3.73. The minimum Gasteiger partial charge on any atom is -0.465 e. The fourth-order valence-electron chi connectivity index (χ4n) is 0.872. The molecule has 0 aromatic carbocycles. The maximum Gasteiger partial charge on any atom is 0.309 e. The zero-order valence-electron chi connectivity index (χ0n) is 7.81. The van der Waals surface area contributed by atoms with E-state index in [2.05, 4.69) is 4.18 Å². The highest BCUT2D eigenvalue weighted by atomic mass is 32.2. The van der Waals surface area contributed by atoms with E-state index < -0.39 is 27.8 Å². The normalized spacial score (nSPS) is 22.4. The largest absolute Gasteiger partial charge is 0.465 e. The van der Waals surface area contributed by atoms with Crippen LogP contribution in [0.3, 0.4) is 0 Å². The van der Waals surface area contributed by atoms with Crippen LogP contribution in [0, 0.1) is 0 Å². The molecule has 0 radical (unpaired) electrons. The van der Waals surface area contributed by atoms with Crippen LogP contribution < -0.4 is 5.73 Å². The van der Waals surface area contributed by atoms with Gasteiger partial charge in [-0.1, -0.05) is 0 Å². The minimum absolute atomic E-state index is 0.231. The van der Waals surface area contributed by atoms with E-state index in [0.717, 1.165) is 0 Å². The summed E-state index contributed by atoms with van der Waals surface area (Å²) in [5, 5.41) is 0. The van der Waals surface area contributed by atoms with E-state index in [1.807, 2.05) is 0 Å². The summed E-state index contributed by atoms with van der Waals surface area (Å²) in [4.78, 5) is 11.3. The van der Waals surface area contributed by atoms with Gasteiger partial charge in [0.15, 0.2) is 6.10 Å². The molecule has 80 valence electrons. The highest BCUT2D eigenvalue weighted by Crippen LogP contribution is 2.20. The van der Waals surface area contributed by atoms with Crippen LogP contribution in [0.5, 0.6) is 0 Å². The molecule has 6 nitrogen and oxygen atoms in total. The molecule has 14 heavy (non-hydrogen) atoms. The molecule has 2 N–H and O–H groups in total. The molecule has 1 heterocycles. The number of Topliss-reactive ketones (excluding diaryl/α,β-unsaturated/α-hetero) is 1. The van der Waals surface area contributed by atoms with Crippen molar-refractivity contribution in [2.75, 3.05) is 5.75 Å². The highest BCUT2D eigenvalue weighted by molar-refractivity contribution is 7.86. The van der Waals surface area contributed by atoms with Gasteiger partial charge in [-0.15, -0.1) is 0 Å². The van der Waals surface area contributed by atoms with Crippen LogP contribution in [0.2, 0.25) is 0 Å². The predicted molar refractivity (Wildman–Crippen MR) is 47.3 cm³/mol. The number of rotatable bonds is 3. The van der Waals surface area contributed by atoms with Gasteiger partial charge in [-0.05, 0) is 13.8 Å². The van der Waals surface area contributed by atoms with Gasteiger partial charge in [0, 0.05) is 0 Å². The average Bonchev–Trinajstić information content (AvgIpc) is 2.32. The Balaban J connectivity index is 2.90. The Bertz CT molecular complexity index is 383. The molecule has 0 fully saturated rings. The molecule has 7 heteroatoms. The maximum atomic E-state index is 11.3. The van der Waals surface area contributed by atoms with Gasteiger partial charge in [0.25, 0.3) is 0 Å². The lowest BCUT2D eigenvalue weighted by molar-refractivity contribution is -0.122. The van der Waals surface area contributed by atoms with E-state index in [4.69, 9.17) is 10.5 Å². The van der Waals surface area contributed by atoms with Gasteiger partial charge in [-0.25, -0.2) is 0 Å². The van der Waals surface area contributed by atoms with Crippen molar-refractivity contribution >= 4 is 15.9 Å². The summed E-state index contributed by atoms with van der Waals surface area (Å²) in [6, 6.07) is 0. The van der Waals surface area contributed by atoms with Gasteiger partial charge >= 0.3 is 10.1 Å². The third-order valence-electron chi connectivity index (χ3n) is 1.68. The quantitative estimate of drug-likeness (QED) is 0.643. The second-order valence-electron chi connectivity index (χ2n) is 2.75. The summed E-state index contributed by atoms with van der Waals surface area (Å²) < 4.78 is 31.4. The van der Waals surface area contributed by atoms with Crippen LogP contribution in [0.15, 0.2) is 11.6 Å². The SMILES string of the molecule is CCS(=O)(=O)OC1=C(N)OC(C)C1=O. The van der Waals surface area contributed by atoms with Crippen molar-refractivity contribution in [1.29, 1.82) is 0 Å². The smallest absolute Gasteiger partial charge is 0.309 e. The van der Waals surface area contributed by atoms with Gasteiger partial charge in [-0.3, -0.25) is 4.79 Å². The van der Waals surface area contributed by atoms with Crippen LogP contribution in [-0.2, 0) is 23.8 Å². The third-order valence-corrected chi connectivity index (χ3v) is 2.81. The zero-order chi connectivity index (χ0) is 10.9. The molecule has 1 aliphatic rings. The number of carbonyl (C=O) groups is 1. The number of hydrogen-bond donors (Lipinski definition) is 1. The van der Waals surface area contributed by atoms with Crippen LogP contribution in [0.1, 0.15) is 13.8 Å². The Labute approximate surface area is 81.8 Å². The lowest BCUT2D eigenvalue weighted by Crippen LogP contribution is -2.18. The van der Waals surface area contributed by atoms with Crippen molar-refractivity contribution in [1.82, 2.24) is 0 Å². The topological polar surface area (TPSA) is 95.7 Å². The first kappa shape index (κ1) is 10.8. The average molecular weight is 221 g/mol. The zero-order valence-corrected chi connectivity index (χ0v) is 8.63. The highest BCUT2D eigenvalue weighted by Gasteiger charge is 2.35. The summed E-state index contributed by atoms with van der Waals surface area (Å²) in [5.41, 5.74) is 5.27. The number of ether oxygens (including phenoxy) is 1. The molecule has 1 aliphatic heterocycles. The fraction of sp³-hybridized carbons (Fsp3) is 0.571. The molecule has 0 aromatic rings. The molecule has 0 bridgehead atoms. The van der Waals surface area contributed by atoms with Crippen molar-refractivity contribution in [3.05, 3.63) is 11.6 Å². The summed E-state index contributed by atoms with van der Waals surface area (Å²) in [6.07, 6.45) is -0.781. The van der Waals surface area contributed by atoms with Gasteiger partial charge < -0.3 is 14.7 Å². The van der Waals surface area contributed by atoms with Crippen LogP contribution >= 0.6 is 0 Å². The molecular formula is C7H11NO5S. The van der Waals surface area contributed by atoms with Gasteiger partial charge in [0.1, 0.15) is 0 Å². The van der Waals surface area contributed by atoms with Crippen LogP contribution in [0.4, 0.5) is 0 Å². The van der Waals surface area contributed by atoms with Crippen LogP contribution in [-0.4, -0.2) is 26.1 Å². The number of hydrogen-bond acceptors (Lipinski definition) is 6.